The molecule has 5 heteroatoms. The van der Waals surface area contributed by atoms with Crippen molar-refractivity contribution in [2.75, 3.05) is 13.2 Å². The Kier molecular flexibility index (Phi) is 3.18. The molecule has 112 valence electrons. The van der Waals surface area contributed by atoms with Crippen molar-refractivity contribution in [1.82, 2.24) is 0 Å². The monoisotopic (exact) mass is 361 g/mol. The van der Waals surface area contributed by atoms with E-state index in [4.69, 9.17) is 9.47 Å². The third-order valence-corrected chi connectivity index (χ3v) is 4.42. The minimum Gasteiger partial charge on any atom is -0.490 e. The average Bonchev–Trinajstić information content (AvgIpc) is 2.55. The van der Waals surface area contributed by atoms with Crippen molar-refractivity contribution in [2.24, 2.45) is 4.99 Å². The molecular formula is C17H13BrFNO2. The molecule has 0 N–H and O–H groups in total. The van der Waals surface area contributed by atoms with Crippen molar-refractivity contribution in [3.05, 3.63) is 64.1 Å². The minimum absolute atomic E-state index is 0.0391. The molecule has 2 aliphatic rings. The van der Waals surface area contributed by atoms with Crippen LogP contribution < -0.4 is 4.74 Å². The molecule has 0 unspecified atom stereocenters. The van der Waals surface area contributed by atoms with Crippen LogP contribution >= 0.6 is 15.9 Å². The fourth-order valence-corrected chi connectivity index (χ4v) is 3.13. The summed E-state index contributed by atoms with van der Waals surface area (Å²) in [5.41, 5.74) is -0.0472. The van der Waals surface area contributed by atoms with E-state index in [9.17, 15) is 0 Å². The first-order valence-corrected chi connectivity index (χ1v) is 7.83. The summed E-state index contributed by atoms with van der Waals surface area (Å²) in [6, 6.07) is 15.1. The number of ether oxygens (including phenoxy) is 2. The van der Waals surface area contributed by atoms with Gasteiger partial charge in [0.25, 0.3) is 0 Å². The molecule has 2 aliphatic heterocycles. The van der Waals surface area contributed by atoms with Crippen LogP contribution in [0.5, 0.6) is 5.75 Å². The summed E-state index contributed by atoms with van der Waals surface area (Å²) in [6.07, 6.45) is -0.697. The lowest BCUT2D eigenvalue weighted by molar-refractivity contribution is -0.0536. The molecule has 0 saturated carbocycles. The number of aliphatic imine (C=N–C) groups is 1. The second kappa shape index (κ2) is 5.09. The summed E-state index contributed by atoms with van der Waals surface area (Å²) in [6.45, 7) is -0.00983. The SMILES string of the molecule is F[C@@]12CN=C(c3ccccc3)O[C@@H]1c1ccc(Br)cc1OC2. The van der Waals surface area contributed by atoms with Crippen molar-refractivity contribution >= 4 is 21.8 Å². The van der Waals surface area contributed by atoms with Gasteiger partial charge in [0.15, 0.2) is 6.10 Å². The van der Waals surface area contributed by atoms with E-state index >= 15 is 4.39 Å². The van der Waals surface area contributed by atoms with Crippen LogP contribution in [-0.2, 0) is 4.74 Å². The molecule has 0 bridgehead atoms. The predicted octanol–water partition coefficient (Wildman–Crippen LogP) is 4.07. The zero-order valence-electron chi connectivity index (χ0n) is 11.6. The Morgan fingerprint density at radius 3 is 2.82 bits per heavy atom. The molecule has 22 heavy (non-hydrogen) atoms. The largest absolute Gasteiger partial charge is 0.490 e. The molecule has 2 atom stereocenters. The molecule has 0 aromatic heterocycles. The van der Waals surface area contributed by atoms with Crippen LogP contribution in [0.2, 0.25) is 0 Å². The Morgan fingerprint density at radius 1 is 1.18 bits per heavy atom. The molecule has 4 rings (SSSR count). The number of alkyl halides is 1. The smallest absolute Gasteiger partial charge is 0.216 e. The minimum atomic E-state index is -1.63. The standard InChI is InChI=1S/C17H13BrFNO2/c18-12-6-7-13-14(8-12)21-10-17(19)9-20-16(22-15(13)17)11-4-2-1-3-5-11/h1-8,15H,9-10H2/t15-,17-/m1/s1. The summed E-state index contributed by atoms with van der Waals surface area (Å²) in [5.74, 6) is 1.14. The van der Waals surface area contributed by atoms with Crippen LogP contribution in [-0.4, -0.2) is 24.7 Å². The van der Waals surface area contributed by atoms with Crippen LogP contribution in [0.4, 0.5) is 4.39 Å². The maximum atomic E-state index is 15.1. The molecule has 0 fully saturated rings. The zero-order valence-corrected chi connectivity index (χ0v) is 13.2. The Morgan fingerprint density at radius 2 is 2.00 bits per heavy atom. The average molecular weight is 362 g/mol. The van der Waals surface area contributed by atoms with Gasteiger partial charge in [0.05, 0.1) is 6.54 Å². The number of hydrogen-bond acceptors (Lipinski definition) is 3. The summed E-state index contributed by atoms with van der Waals surface area (Å²) in [7, 11) is 0. The van der Waals surface area contributed by atoms with E-state index < -0.39 is 11.8 Å². The Balaban J connectivity index is 1.74. The van der Waals surface area contributed by atoms with Gasteiger partial charge in [-0.2, -0.15) is 0 Å². The van der Waals surface area contributed by atoms with Gasteiger partial charge in [-0.3, -0.25) is 0 Å². The van der Waals surface area contributed by atoms with E-state index in [1.54, 1.807) is 0 Å². The van der Waals surface area contributed by atoms with E-state index in [2.05, 4.69) is 20.9 Å². The topological polar surface area (TPSA) is 30.8 Å². The number of fused-ring (bicyclic) bond motifs is 3. The Hall–Kier alpha value is -1.88. The van der Waals surface area contributed by atoms with Crippen LogP contribution in [0, 0.1) is 0 Å². The van der Waals surface area contributed by atoms with Gasteiger partial charge in [0.2, 0.25) is 11.6 Å². The molecule has 2 heterocycles. The number of benzene rings is 2. The molecule has 0 aliphatic carbocycles. The normalized spacial score (nSPS) is 26.1. The van der Waals surface area contributed by atoms with E-state index in [0.29, 0.717) is 11.6 Å². The fourth-order valence-electron chi connectivity index (χ4n) is 2.79. The quantitative estimate of drug-likeness (QED) is 0.766. The molecule has 0 spiro atoms. The summed E-state index contributed by atoms with van der Waals surface area (Å²) in [4.78, 5) is 4.28. The van der Waals surface area contributed by atoms with E-state index in [0.717, 1.165) is 15.6 Å². The lowest BCUT2D eigenvalue weighted by atomic mass is 9.89. The van der Waals surface area contributed by atoms with Gasteiger partial charge in [0, 0.05) is 15.6 Å². The fraction of sp³-hybridized carbons (Fsp3) is 0.235. The van der Waals surface area contributed by atoms with Crippen LogP contribution in [0.25, 0.3) is 0 Å². The number of nitrogens with zero attached hydrogens (tertiary/aromatic N) is 1. The van der Waals surface area contributed by atoms with Gasteiger partial charge in [-0.25, -0.2) is 9.38 Å². The van der Waals surface area contributed by atoms with Crippen molar-refractivity contribution in [2.45, 2.75) is 11.8 Å². The summed E-state index contributed by atoms with van der Waals surface area (Å²) in [5, 5.41) is 0. The maximum Gasteiger partial charge on any atom is 0.216 e. The number of halogens is 2. The molecule has 3 nitrogen and oxygen atoms in total. The molecule has 2 aromatic carbocycles. The van der Waals surface area contributed by atoms with E-state index in [1.807, 2.05) is 48.5 Å². The zero-order chi connectivity index (χ0) is 15.2. The van der Waals surface area contributed by atoms with Gasteiger partial charge in [-0.1, -0.05) is 40.2 Å². The maximum absolute atomic E-state index is 15.1. The second-order valence-electron chi connectivity index (χ2n) is 5.49. The molecular weight excluding hydrogens is 349 g/mol. The highest BCUT2D eigenvalue weighted by Gasteiger charge is 2.50. The first-order chi connectivity index (χ1) is 10.7. The van der Waals surface area contributed by atoms with Gasteiger partial charge >= 0.3 is 0 Å². The third kappa shape index (κ3) is 2.20. The van der Waals surface area contributed by atoms with Crippen LogP contribution in [0.1, 0.15) is 17.2 Å². The third-order valence-electron chi connectivity index (χ3n) is 3.93. The number of rotatable bonds is 1. The van der Waals surface area contributed by atoms with Gasteiger partial charge in [-0.15, -0.1) is 0 Å². The van der Waals surface area contributed by atoms with Crippen molar-refractivity contribution < 1.29 is 13.9 Å². The van der Waals surface area contributed by atoms with Crippen molar-refractivity contribution in [3.63, 3.8) is 0 Å². The molecule has 0 amide bonds. The summed E-state index contributed by atoms with van der Waals surface area (Å²) >= 11 is 3.40. The van der Waals surface area contributed by atoms with Crippen LogP contribution in [0.15, 0.2) is 58.0 Å². The Labute approximate surface area is 135 Å². The van der Waals surface area contributed by atoms with E-state index in [-0.39, 0.29) is 13.2 Å². The molecule has 2 aromatic rings. The first-order valence-electron chi connectivity index (χ1n) is 7.03. The molecule has 0 saturated heterocycles. The van der Waals surface area contributed by atoms with E-state index in [1.165, 1.54) is 0 Å². The second-order valence-corrected chi connectivity index (χ2v) is 6.41. The highest BCUT2D eigenvalue weighted by molar-refractivity contribution is 9.10. The lowest BCUT2D eigenvalue weighted by Gasteiger charge is -2.40. The van der Waals surface area contributed by atoms with Crippen molar-refractivity contribution in [1.29, 1.82) is 0 Å². The van der Waals surface area contributed by atoms with Gasteiger partial charge in [0.1, 0.15) is 12.4 Å². The lowest BCUT2D eigenvalue weighted by Crippen LogP contribution is -2.48. The Bertz CT molecular complexity index is 750. The molecule has 0 radical (unpaired) electrons. The van der Waals surface area contributed by atoms with Gasteiger partial charge in [-0.05, 0) is 24.3 Å². The number of hydrogen-bond donors (Lipinski definition) is 0. The predicted molar refractivity (Wildman–Crippen MR) is 85.1 cm³/mol. The van der Waals surface area contributed by atoms with Crippen molar-refractivity contribution in [3.8, 4) is 5.75 Å². The first kappa shape index (κ1) is 13.8. The van der Waals surface area contributed by atoms with Gasteiger partial charge < -0.3 is 9.47 Å². The highest BCUT2D eigenvalue weighted by atomic mass is 79.9. The summed E-state index contributed by atoms with van der Waals surface area (Å²) < 4.78 is 27.5. The highest BCUT2D eigenvalue weighted by Crippen LogP contribution is 2.45. The van der Waals surface area contributed by atoms with Crippen LogP contribution in [0.3, 0.4) is 0 Å².